The van der Waals surface area contributed by atoms with E-state index >= 15 is 0 Å². The van der Waals surface area contributed by atoms with Gasteiger partial charge in [-0.3, -0.25) is 9.59 Å². The van der Waals surface area contributed by atoms with Gasteiger partial charge in [0, 0.05) is 12.7 Å². The zero-order valence-corrected chi connectivity index (χ0v) is 14.7. The van der Waals surface area contributed by atoms with Gasteiger partial charge in [0.1, 0.15) is 12.4 Å². The summed E-state index contributed by atoms with van der Waals surface area (Å²) in [5.41, 5.74) is 1.26. The summed E-state index contributed by atoms with van der Waals surface area (Å²) in [4.78, 5) is 24.1. The maximum atomic E-state index is 12.5. The third kappa shape index (κ3) is 5.20. The van der Waals surface area contributed by atoms with E-state index in [9.17, 15) is 9.59 Å². The average Bonchev–Trinajstić information content (AvgIpc) is 2.59. The number of benzene rings is 2. The largest absolute Gasteiger partial charge is 0.492 e. The smallest absolute Gasteiger partial charge is 0.255 e. The lowest BCUT2D eigenvalue weighted by molar-refractivity contribution is -0.119. The predicted octanol–water partition coefficient (Wildman–Crippen LogP) is 3.58. The Bertz CT molecular complexity index is 764. The maximum Gasteiger partial charge on any atom is 0.255 e. The van der Waals surface area contributed by atoms with Crippen LogP contribution in [0.5, 0.6) is 5.75 Å². The Morgan fingerprint density at radius 3 is 2.56 bits per heavy atom. The van der Waals surface area contributed by atoms with Crippen LogP contribution < -0.4 is 15.4 Å². The Labute approximate surface area is 151 Å². The van der Waals surface area contributed by atoms with Gasteiger partial charge < -0.3 is 20.1 Å². The molecule has 0 fully saturated rings. The van der Waals surface area contributed by atoms with Crippen LogP contribution in [0.3, 0.4) is 0 Å². The van der Waals surface area contributed by atoms with E-state index in [1.807, 2.05) is 13.0 Å². The van der Waals surface area contributed by atoms with Gasteiger partial charge >= 0.3 is 0 Å². The first-order valence-electron chi connectivity index (χ1n) is 7.66. The van der Waals surface area contributed by atoms with Crippen molar-refractivity contribution < 1.29 is 19.1 Å². The Hall–Kier alpha value is -2.57. The van der Waals surface area contributed by atoms with Crippen molar-refractivity contribution in [2.24, 2.45) is 0 Å². The molecule has 2 N–H and O–H groups in total. The second-order valence-corrected chi connectivity index (χ2v) is 5.47. The van der Waals surface area contributed by atoms with Crippen LogP contribution in [0.15, 0.2) is 42.5 Å². The minimum atomic E-state index is -0.358. The van der Waals surface area contributed by atoms with Gasteiger partial charge in [0.2, 0.25) is 5.91 Å². The fourth-order valence-electron chi connectivity index (χ4n) is 2.13. The van der Waals surface area contributed by atoms with Crippen molar-refractivity contribution >= 4 is 34.8 Å². The van der Waals surface area contributed by atoms with E-state index in [1.54, 1.807) is 30.3 Å². The van der Waals surface area contributed by atoms with Gasteiger partial charge in [-0.2, -0.15) is 0 Å². The molecule has 0 aromatic heterocycles. The van der Waals surface area contributed by atoms with Crippen molar-refractivity contribution in [3.05, 3.63) is 53.1 Å². The van der Waals surface area contributed by atoms with E-state index in [0.717, 1.165) is 0 Å². The molecule has 0 bridgehead atoms. The number of amides is 2. The summed E-state index contributed by atoms with van der Waals surface area (Å²) in [6.07, 6.45) is 0. The zero-order valence-electron chi connectivity index (χ0n) is 14.0. The summed E-state index contributed by atoms with van der Waals surface area (Å²) < 4.78 is 10.2. The molecular formula is C18H19ClN2O4. The van der Waals surface area contributed by atoms with Crippen LogP contribution in [0.2, 0.25) is 5.02 Å². The number of methoxy groups -OCH3 is 1. The van der Waals surface area contributed by atoms with Crippen molar-refractivity contribution in [3.8, 4) is 5.75 Å². The summed E-state index contributed by atoms with van der Waals surface area (Å²) in [5, 5.41) is 5.72. The van der Waals surface area contributed by atoms with Gasteiger partial charge in [-0.15, -0.1) is 0 Å². The van der Waals surface area contributed by atoms with Crippen molar-refractivity contribution in [3.63, 3.8) is 0 Å². The molecule has 0 atom stereocenters. The van der Waals surface area contributed by atoms with Crippen molar-refractivity contribution in [1.82, 2.24) is 0 Å². The average molecular weight is 363 g/mol. The highest BCUT2D eigenvalue weighted by atomic mass is 35.5. The van der Waals surface area contributed by atoms with Crippen LogP contribution in [0.1, 0.15) is 17.3 Å². The first-order valence-corrected chi connectivity index (χ1v) is 8.04. The Morgan fingerprint density at radius 1 is 1.08 bits per heavy atom. The van der Waals surface area contributed by atoms with Crippen molar-refractivity contribution in [2.45, 2.75) is 6.92 Å². The first kappa shape index (κ1) is 18.8. The number of rotatable bonds is 7. The van der Waals surface area contributed by atoms with E-state index in [2.05, 4.69) is 10.6 Å². The van der Waals surface area contributed by atoms with E-state index < -0.39 is 0 Å². The number of halogens is 1. The van der Waals surface area contributed by atoms with E-state index in [0.29, 0.717) is 34.3 Å². The minimum Gasteiger partial charge on any atom is -0.492 e. The summed E-state index contributed by atoms with van der Waals surface area (Å²) >= 11 is 6.06. The highest BCUT2D eigenvalue weighted by Gasteiger charge is 2.13. The molecule has 0 saturated heterocycles. The number of ether oxygens (including phenoxy) is 2. The molecule has 2 aromatic rings. The lowest BCUT2D eigenvalue weighted by Gasteiger charge is -2.12. The highest BCUT2D eigenvalue weighted by molar-refractivity contribution is 6.34. The fourth-order valence-corrected chi connectivity index (χ4v) is 2.29. The van der Waals surface area contributed by atoms with E-state index in [1.165, 1.54) is 13.2 Å². The van der Waals surface area contributed by atoms with Crippen LogP contribution in [0.4, 0.5) is 11.4 Å². The summed E-state index contributed by atoms with van der Waals surface area (Å²) in [6.45, 7) is 2.25. The molecule has 2 aromatic carbocycles. The molecule has 0 unspecified atom stereocenters. The van der Waals surface area contributed by atoms with Crippen LogP contribution >= 0.6 is 11.6 Å². The highest BCUT2D eigenvalue weighted by Crippen LogP contribution is 2.26. The van der Waals surface area contributed by atoms with Gasteiger partial charge in [0.05, 0.1) is 23.0 Å². The molecule has 0 aliphatic heterocycles. The number of anilines is 2. The third-order valence-electron chi connectivity index (χ3n) is 3.21. The molecule has 132 valence electrons. The summed E-state index contributed by atoms with van der Waals surface area (Å²) in [5.74, 6) is -0.115. The summed E-state index contributed by atoms with van der Waals surface area (Å²) in [7, 11) is 1.42. The third-order valence-corrected chi connectivity index (χ3v) is 3.54. The quantitative estimate of drug-likeness (QED) is 0.789. The number of carbonyl (C=O) groups excluding carboxylic acids is 2. The number of hydrogen-bond acceptors (Lipinski definition) is 4. The van der Waals surface area contributed by atoms with Gasteiger partial charge in [-0.05, 0) is 37.3 Å². The van der Waals surface area contributed by atoms with Gasteiger partial charge in [0.25, 0.3) is 5.91 Å². The lowest BCUT2D eigenvalue weighted by Crippen LogP contribution is -2.18. The molecule has 2 amide bonds. The SMILES string of the molecule is CCOc1ccccc1NC(=O)c1ccc(Cl)c(NC(=O)COC)c1. The molecule has 25 heavy (non-hydrogen) atoms. The number of para-hydroxylation sites is 2. The van der Waals surface area contributed by atoms with Crippen LogP contribution in [0.25, 0.3) is 0 Å². The van der Waals surface area contributed by atoms with Crippen LogP contribution in [-0.2, 0) is 9.53 Å². The molecule has 6 nitrogen and oxygen atoms in total. The lowest BCUT2D eigenvalue weighted by atomic mass is 10.1. The molecule has 2 rings (SSSR count). The predicted molar refractivity (Wildman–Crippen MR) is 97.5 cm³/mol. The van der Waals surface area contributed by atoms with Crippen molar-refractivity contribution in [1.29, 1.82) is 0 Å². The van der Waals surface area contributed by atoms with Crippen LogP contribution in [-0.4, -0.2) is 32.1 Å². The molecule has 0 radical (unpaired) electrons. The second kappa shape index (κ2) is 9.05. The maximum absolute atomic E-state index is 12.5. The zero-order chi connectivity index (χ0) is 18.2. The Morgan fingerprint density at radius 2 is 1.84 bits per heavy atom. The Balaban J connectivity index is 2.18. The number of hydrogen-bond donors (Lipinski definition) is 2. The minimum absolute atomic E-state index is 0.103. The standard InChI is InChI=1S/C18H19ClN2O4/c1-3-25-16-7-5-4-6-14(16)21-18(23)12-8-9-13(19)15(10-12)20-17(22)11-24-2/h4-10H,3,11H2,1-2H3,(H,20,22)(H,21,23). The molecule has 0 aliphatic rings. The first-order chi connectivity index (χ1) is 12.0. The number of nitrogens with one attached hydrogen (secondary N) is 2. The van der Waals surface area contributed by atoms with Gasteiger partial charge in [-0.1, -0.05) is 23.7 Å². The summed E-state index contributed by atoms with van der Waals surface area (Å²) in [6, 6.07) is 11.8. The van der Waals surface area contributed by atoms with Crippen molar-refractivity contribution in [2.75, 3.05) is 31.0 Å². The molecule has 0 heterocycles. The Kier molecular flexibility index (Phi) is 6.80. The molecule has 7 heteroatoms. The molecule has 0 spiro atoms. The van der Waals surface area contributed by atoms with E-state index in [-0.39, 0.29) is 18.4 Å². The monoisotopic (exact) mass is 362 g/mol. The molecular weight excluding hydrogens is 344 g/mol. The second-order valence-electron chi connectivity index (χ2n) is 5.06. The van der Waals surface area contributed by atoms with E-state index in [4.69, 9.17) is 21.1 Å². The normalized spacial score (nSPS) is 10.2. The topological polar surface area (TPSA) is 76.7 Å². The van der Waals surface area contributed by atoms with Gasteiger partial charge in [-0.25, -0.2) is 0 Å². The molecule has 0 aliphatic carbocycles. The van der Waals surface area contributed by atoms with Gasteiger partial charge in [0.15, 0.2) is 0 Å². The fraction of sp³-hybridized carbons (Fsp3) is 0.222. The molecule has 0 saturated carbocycles. The van der Waals surface area contributed by atoms with Crippen LogP contribution in [0, 0.1) is 0 Å². The number of carbonyl (C=O) groups is 2.